The molecule has 0 fully saturated rings. The lowest BCUT2D eigenvalue weighted by Crippen LogP contribution is -1.56. The number of hydrogen-bond donors (Lipinski definition) is 0. The highest BCUT2D eigenvalue weighted by Gasteiger charge is 1.66. The van der Waals surface area contributed by atoms with Crippen LogP contribution in [0.4, 0.5) is 0 Å². The van der Waals surface area contributed by atoms with Crippen molar-refractivity contribution in [1.29, 1.82) is 0 Å². The highest BCUT2D eigenvalue weighted by molar-refractivity contribution is 4.96. The maximum absolute atomic E-state index is 3.55. The second kappa shape index (κ2) is 34.0. The van der Waals surface area contributed by atoms with Gasteiger partial charge in [-0.25, -0.2) is 0 Å². The van der Waals surface area contributed by atoms with Gasteiger partial charge in [0.1, 0.15) is 0 Å². The summed E-state index contributed by atoms with van der Waals surface area (Å²) in [7, 11) is 0. The van der Waals surface area contributed by atoms with Crippen molar-refractivity contribution in [3.05, 3.63) is 24.8 Å². The average molecular weight is 156 g/mol. The third-order valence-corrected chi connectivity index (χ3v) is 0.728. The molecule has 0 heteroatoms. The van der Waals surface area contributed by atoms with E-state index in [1.54, 1.807) is 6.08 Å². The van der Waals surface area contributed by atoms with E-state index in [1.807, 2.05) is 33.8 Å². The molecule has 0 aromatic carbocycles. The van der Waals surface area contributed by atoms with Gasteiger partial charge < -0.3 is 0 Å². The second-order valence-corrected chi connectivity index (χ2v) is 1.45. The molecule has 0 nitrogen and oxygen atoms in total. The van der Waals surface area contributed by atoms with Crippen LogP contribution < -0.4 is 0 Å². The molecule has 68 valence electrons. The van der Waals surface area contributed by atoms with E-state index in [-0.39, 0.29) is 0 Å². The Labute approximate surface area is 73.0 Å². The Morgan fingerprint density at radius 1 is 1.09 bits per heavy atom. The summed E-state index contributed by atoms with van der Waals surface area (Å²) >= 11 is 0. The third-order valence-electron chi connectivity index (χ3n) is 0.728. The average Bonchev–Trinajstić information content (AvgIpc) is 2.13. The summed E-state index contributed by atoms with van der Waals surface area (Å²) in [6.45, 7) is 13.7. The van der Waals surface area contributed by atoms with Crippen LogP contribution in [0.5, 0.6) is 0 Å². The van der Waals surface area contributed by atoms with Crippen LogP contribution in [0.3, 0.4) is 0 Å². The van der Waals surface area contributed by atoms with E-state index in [9.17, 15) is 0 Å². The van der Waals surface area contributed by atoms with Gasteiger partial charge in [0.05, 0.1) is 0 Å². The highest BCUT2D eigenvalue weighted by Crippen LogP contribution is 1.86. The number of hydrogen-bond acceptors (Lipinski definition) is 0. The summed E-state index contributed by atoms with van der Waals surface area (Å²) in [5.74, 6) is 0. The van der Waals surface area contributed by atoms with Gasteiger partial charge in [-0.3, -0.25) is 0 Å². The molecule has 0 saturated carbocycles. The fourth-order valence-corrected chi connectivity index (χ4v) is 0.359. The molecule has 0 unspecified atom stereocenters. The van der Waals surface area contributed by atoms with Gasteiger partial charge in [0.15, 0.2) is 0 Å². The molecule has 0 aromatic rings. The standard InChI is InChI=1S/C7H12.2C2H6/c1-3-5-7-6-4-2;2*1-2/h3,5,7H,1,4,6H2,2H3;2*1-2H3/b7-5-;;. The molecular weight excluding hydrogens is 132 g/mol. The summed E-state index contributed by atoms with van der Waals surface area (Å²) in [6.07, 6.45) is 8.29. The van der Waals surface area contributed by atoms with Crippen molar-refractivity contribution in [3.8, 4) is 0 Å². The Balaban J connectivity index is -0.000000138. The molecule has 0 spiro atoms. The van der Waals surface area contributed by atoms with Gasteiger partial charge in [0.25, 0.3) is 0 Å². The Kier molecular flexibility index (Phi) is 52.0. The summed E-state index contributed by atoms with van der Waals surface area (Å²) < 4.78 is 0. The zero-order valence-electron chi connectivity index (χ0n) is 8.85. The molecule has 0 saturated heterocycles. The molecule has 0 N–H and O–H groups in total. The minimum absolute atomic E-state index is 1.17. The predicted molar refractivity (Wildman–Crippen MR) is 56.9 cm³/mol. The molecule has 0 rings (SSSR count). The smallest absolute Gasteiger partial charge is 0.0350 e. The minimum Gasteiger partial charge on any atom is -0.0991 e. The maximum atomic E-state index is 3.55. The number of rotatable bonds is 3. The van der Waals surface area contributed by atoms with E-state index in [0.717, 1.165) is 0 Å². The van der Waals surface area contributed by atoms with Crippen LogP contribution in [0.1, 0.15) is 47.5 Å². The van der Waals surface area contributed by atoms with E-state index in [1.165, 1.54) is 12.8 Å². The zero-order valence-corrected chi connectivity index (χ0v) is 8.85. The molecule has 0 radical (unpaired) electrons. The summed E-state index contributed by atoms with van der Waals surface area (Å²) in [4.78, 5) is 0. The lowest BCUT2D eigenvalue weighted by atomic mass is 10.3. The third kappa shape index (κ3) is 43.8. The van der Waals surface area contributed by atoms with E-state index in [2.05, 4.69) is 19.6 Å². The van der Waals surface area contributed by atoms with Crippen molar-refractivity contribution in [1.82, 2.24) is 0 Å². The number of unbranched alkanes of at least 4 members (excludes halogenated alkanes) is 1. The molecule has 0 heterocycles. The highest BCUT2D eigenvalue weighted by atomic mass is 13.7. The first-order chi connectivity index (χ1) is 5.41. The van der Waals surface area contributed by atoms with Gasteiger partial charge in [0, 0.05) is 0 Å². The minimum atomic E-state index is 1.17. The lowest BCUT2D eigenvalue weighted by molar-refractivity contribution is 0.959. The van der Waals surface area contributed by atoms with Crippen molar-refractivity contribution in [2.24, 2.45) is 0 Å². The van der Waals surface area contributed by atoms with Crippen molar-refractivity contribution in [2.75, 3.05) is 0 Å². The van der Waals surface area contributed by atoms with Gasteiger partial charge in [-0.05, 0) is 6.42 Å². The van der Waals surface area contributed by atoms with Crippen LogP contribution >= 0.6 is 0 Å². The normalized spacial score (nSPS) is 7.36. The fraction of sp³-hybridized carbons (Fsp3) is 0.636. The van der Waals surface area contributed by atoms with E-state index in [4.69, 9.17) is 0 Å². The maximum Gasteiger partial charge on any atom is -0.0350 e. The summed E-state index contributed by atoms with van der Waals surface area (Å²) in [6, 6.07) is 0. The van der Waals surface area contributed by atoms with Gasteiger partial charge in [-0.2, -0.15) is 0 Å². The molecule has 11 heavy (non-hydrogen) atoms. The van der Waals surface area contributed by atoms with Crippen LogP contribution in [0.25, 0.3) is 0 Å². The Hall–Kier alpha value is -0.520. The Morgan fingerprint density at radius 2 is 1.55 bits per heavy atom. The van der Waals surface area contributed by atoms with Crippen LogP contribution in [-0.2, 0) is 0 Å². The molecule has 0 amide bonds. The number of allylic oxidation sites excluding steroid dienone is 3. The van der Waals surface area contributed by atoms with E-state index in [0.29, 0.717) is 0 Å². The first-order valence-electron chi connectivity index (χ1n) is 4.69. The molecule has 0 atom stereocenters. The monoisotopic (exact) mass is 156 g/mol. The zero-order chi connectivity index (χ0) is 9.54. The largest absolute Gasteiger partial charge is 0.0991 e. The van der Waals surface area contributed by atoms with Crippen LogP contribution in [0, 0.1) is 0 Å². The SMILES string of the molecule is C=C/C=C\CCC.CC.CC. The van der Waals surface area contributed by atoms with Crippen LogP contribution in [-0.4, -0.2) is 0 Å². The van der Waals surface area contributed by atoms with Crippen molar-refractivity contribution in [3.63, 3.8) is 0 Å². The van der Waals surface area contributed by atoms with Gasteiger partial charge in [-0.15, -0.1) is 0 Å². The summed E-state index contributed by atoms with van der Waals surface area (Å²) in [5, 5.41) is 0. The van der Waals surface area contributed by atoms with E-state index >= 15 is 0 Å². The second-order valence-electron chi connectivity index (χ2n) is 1.45. The van der Waals surface area contributed by atoms with Crippen molar-refractivity contribution >= 4 is 0 Å². The summed E-state index contributed by atoms with van der Waals surface area (Å²) in [5.41, 5.74) is 0. The quantitative estimate of drug-likeness (QED) is 0.525. The predicted octanol–water partition coefficient (Wildman–Crippen LogP) is 4.58. The molecular formula is C11H24. The van der Waals surface area contributed by atoms with Gasteiger partial charge in [0.2, 0.25) is 0 Å². The molecule has 0 bridgehead atoms. The van der Waals surface area contributed by atoms with E-state index < -0.39 is 0 Å². The molecule has 0 aromatic heterocycles. The van der Waals surface area contributed by atoms with Crippen LogP contribution in [0.15, 0.2) is 24.8 Å². The van der Waals surface area contributed by atoms with Crippen molar-refractivity contribution in [2.45, 2.75) is 47.5 Å². The Morgan fingerprint density at radius 3 is 1.82 bits per heavy atom. The van der Waals surface area contributed by atoms with Gasteiger partial charge >= 0.3 is 0 Å². The first-order valence-corrected chi connectivity index (χ1v) is 4.69. The molecule has 0 aliphatic carbocycles. The molecule has 0 aliphatic rings. The molecule has 0 aliphatic heterocycles. The topological polar surface area (TPSA) is 0 Å². The van der Waals surface area contributed by atoms with Crippen LogP contribution in [0.2, 0.25) is 0 Å². The first kappa shape index (κ1) is 16.8. The van der Waals surface area contributed by atoms with Crippen molar-refractivity contribution < 1.29 is 0 Å². The Bertz CT molecular complexity index is 60.4. The fourth-order valence-electron chi connectivity index (χ4n) is 0.359. The lowest BCUT2D eigenvalue weighted by Gasteiger charge is -1.77. The van der Waals surface area contributed by atoms with Gasteiger partial charge in [-0.1, -0.05) is 65.8 Å².